The average molecular weight is 168 g/mol. The Bertz CT molecular complexity index is 212. The van der Waals surface area contributed by atoms with E-state index < -0.39 is 0 Å². The quantitative estimate of drug-likeness (QED) is 0.599. The van der Waals surface area contributed by atoms with E-state index in [9.17, 15) is 5.11 Å². The van der Waals surface area contributed by atoms with Crippen molar-refractivity contribution in [2.45, 2.75) is 32.5 Å². The molecule has 68 valence electrons. The van der Waals surface area contributed by atoms with Gasteiger partial charge in [0.2, 0.25) is 0 Å². The highest BCUT2D eigenvalue weighted by Crippen LogP contribution is 2.46. The summed E-state index contributed by atoms with van der Waals surface area (Å²) in [6.07, 6.45) is 4.91. The fourth-order valence-electron chi connectivity index (χ4n) is 2.50. The SMILES string of the molecule is CCC1C2C=CC(O)C1(C)CO2. The second-order valence-electron chi connectivity index (χ2n) is 4.13. The molecule has 4 unspecified atom stereocenters. The molecule has 2 nitrogen and oxygen atoms in total. The number of rotatable bonds is 1. The van der Waals surface area contributed by atoms with Crippen LogP contribution in [0.3, 0.4) is 0 Å². The van der Waals surface area contributed by atoms with E-state index in [1.807, 2.05) is 12.2 Å². The van der Waals surface area contributed by atoms with Crippen molar-refractivity contribution in [3.05, 3.63) is 12.2 Å². The minimum atomic E-state index is -0.318. The van der Waals surface area contributed by atoms with Gasteiger partial charge >= 0.3 is 0 Å². The lowest BCUT2D eigenvalue weighted by Gasteiger charge is -2.36. The molecule has 1 N–H and O–H groups in total. The summed E-state index contributed by atoms with van der Waals surface area (Å²) in [4.78, 5) is 0. The van der Waals surface area contributed by atoms with Crippen LogP contribution in [-0.2, 0) is 4.74 Å². The predicted molar refractivity (Wildman–Crippen MR) is 46.8 cm³/mol. The molecule has 2 rings (SSSR count). The highest BCUT2D eigenvalue weighted by molar-refractivity contribution is 5.15. The number of aliphatic hydroxyl groups is 1. The van der Waals surface area contributed by atoms with Crippen LogP contribution < -0.4 is 0 Å². The van der Waals surface area contributed by atoms with Crippen molar-refractivity contribution in [3.63, 3.8) is 0 Å². The second-order valence-corrected chi connectivity index (χ2v) is 4.13. The van der Waals surface area contributed by atoms with Crippen LogP contribution in [0.4, 0.5) is 0 Å². The molecule has 1 fully saturated rings. The lowest BCUT2D eigenvalue weighted by molar-refractivity contribution is 0.0394. The summed E-state index contributed by atoms with van der Waals surface area (Å²) >= 11 is 0. The maximum absolute atomic E-state index is 9.79. The molecule has 2 heteroatoms. The molecule has 1 aliphatic heterocycles. The molecule has 0 aromatic heterocycles. The van der Waals surface area contributed by atoms with Gasteiger partial charge in [-0.2, -0.15) is 0 Å². The van der Waals surface area contributed by atoms with E-state index in [1.165, 1.54) is 0 Å². The Kier molecular flexibility index (Phi) is 1.77. The molecule has 0 aromatic carbocycles. The van der Waals surface area contributed by atoms with Crippen LogP contribution in [0.1, 0.15) is 20.3 Å². The molecule has 12 heavy (non-hydrogen) atoms. The molecule has 1 aliphatic carbocycles. The van der Waals surface area contributed by atoms with Crippen molar-refractivity contribution in [1.82, 2.24) is 0 Å². The zero-order valence-electron chi connectivity index (χ0n) is 7.66. The molecule has 0 amide bonds. The topological polar surface area (TPSA) is 29.5 Å². The van der Waals surface area contributed by atoms with Crippen LogP contribution in [0.25, 0.3) is 0 Å². The van der Waals surface area contributed by atoms with E-state index in [4.69, 9.17) is 4.74 Å². The lowest BCUT2D eigenvalue weighted by Crippen LogP contribution is -2.41. The van der Waals surface area contributed by atoms with Crippen molar-refractivity contribution < 1.29 is 9.84 Å². The number of aliphatic hydroxyl groups excluding tert-OH is 1. The monoisotopic (exact) mass is 168 g/mol. The summed E-state index contributed by atoms with van der Waals surface area (Å²) in [6.45, 7) is 4.98. The third kappa shape index (κ3) is 0.882. The fraction of sp³-hybridized carbons (Fsp3) is 0.800. The molecule has 2 bridgehead atoms. The number of ether oxygens (including phenoxy) is 1. The lowest BCUT2D eigenvalue weighted by atomic mass is 9.69. The third-order valence-corrected chi connectivity index (χ3v) is 3.43. The maximum Gasteiger partial charge on any atom is 0.0801 e. The van der Waals surface area contributed by atoms with Crippen LogP contribution >= 0.6 is 0 Å². The summed E-state index contributed by atoms with van der Waals surface area (Å²) in [5.74, 6) is 0.498. The van der Waals surface area contributed by atoms with E-state index in [0.717, 1.165) is 6.42 Å². The highest BCUT2D eigenvalue weighted by Gasteiger charge is 2.50. The summed E-state index contributed by atoms with van der Waals surface area (Å²) in [5.41, 5.74) is -0.0336. The zero-order valence-corrected chi connectivity index (χ0v) is 7.66. The minimum absolute atomic E-state index is 0.0336. The Morgan fingerprint density at radius 1 is 1.58 bits per heavy atom. The van der Waals surface area contributed by atoms with Crippen molar-refractivity contribution in [2.75, 3.05) is 6.61 Å². The van der Waals surface area contributed by atoms with Gasteiger partial charge in [0, 0.05) is 5.41 Å². The first-order valence-corrected chi connectivity index (χ1v) is 4.66. The van der Waals surface area contributed by atoms with Crippen molar-refractivity contribution in [3.8, 4) is 0 Å². The second kappa shape index (κ2) is 2.57. The molecule has 0 saturated carbocycles. The standard InChI is InChI=1S/C10H16O2/c1-3-7-8-4-5-9(11)10(7,2)6-12-8/h4-5,7-9,11H,3,6H2,1-2H3. The first kappa shape index (κ1) is 8.27. The zero-order chi connectivity index (χ0) is 8.77. The van der Waals surface area contributed by atoms with E-state index >= 15 is 0 Å². The summed E-state index contributed by atoms with van der Waals surface area (Å²) in [7, 11) is 0. The van der Waals surface area contributed by atoms with E-state index in [1.54, 1.807) is 0 Å². The summed E-state index contributed by atoms with van der Waals surface area (Å²) < 4.78 is 5.61. The van der Waals surface area contributed by atoms with Gasteiger partial charge in [-0.3, -0.25) is 0 Å². The third-order valence-electron chi connectivity index (χ3n) is 3.43. The van der Waals surface area contributed by atoms with Crippen LogP contribution in [-0.4, -0.2) is 23.9 Å². The van der Waals surface area contributed by atoms with Crippen LogP contribution in [0, 0.1) is 11.3 Å². The van der Waals surface area contributed by atoms with Crippen molar-refractivity contribution in [2.24, 2.45) is 11.3 Å². The average Bonchev–Trinajstić information content (AvgIpc) is 2.31. The highest BCUT2D eigenvalue weighted by atomic mass is 16.5. The van der Waals surface area contributed by atoms with Gasteiger partial charge in [-0.1, -0.05) is 26.0 Å². The molecule has 1 heterocycles. The van der Waals surface area contributed by atoms with Crippen molar-refractivity contribution in [1.29, 1.82) is 0 Å². The first-order valence-electron chi connectivity index (χ1n) is 4.66. The Morgan fingerprint density at radius 3 is 2.92 bits per heavy atom. The summed E-state index contributed by atoms with van der Waals surface area (Å²) in [5, 5.41) is 9.79. The van der Waals surface area contributed by atoms with Crippen LogP contribution in [0.2, 0.25) is 0 Å². The van der Waals surface area contributed by atoms with E-state index in [-0.39, 0.29) is 17.6 Å². The van der Waals surface area contributed by atoms with Gasteiger partial charge in [0.25, 0.3) is 0 Å². The Hall–Kier alpha value is -0.340. The van der Waals surface area contributed by atoms with Gasteiger partial charge in [-0.05, 0) is 12.3 Å². The van der Waals surface area contributed by atoms with Gasteiger partial charge in [-0.15, -0.1) is 0 Å². The molecule has 2 aliphatic rings. The van der Waals surface area contributed by atoms with Gasteiger partial charge < -0.3 is 9.84 Å². The predicted octanol–water partition coefficient (Wildman–Crippen LogP) is 1.35. The van der Waals surface area contributed by atoms with Gasteiger partial charge in [0.05, 0.1) is 18.8 Å². The van der Waals surface area contributed by atoms with E-state index in [2.05, 4.69) is 13.8 Å². The Labute approximate surface area is 73.2 Å². The Morgan fingerprint density at radius 2 is 2.33 bits per heavy atom. The van der Waals surface area contributed by atoms with Gasteiger partial charge in [0.15, 0.2) is 0 Å². The number of fused-ring (bicyclic) bond motifs is 2. The van der Waals surface area contributed by atoms with Crippen molar-refractivity contribution >= 4 is 0 Å². The Balaban J connectivity index is 2.33. The molecule has 0 spiro atoms. The largest absolute Gasteiger partial charge is 0.388 e. The summed E-state index contributed by atoms with van der Waals surface area (Å²) in [6, 6.07) is 0. The van der Waals surface area contributed by atoms with Gasteiger partial charge in [-0.25, -0.2) is 0 Å². The normalized spacial score (nSPS) is 51.4. The molecule has 0 radical (unpaired) electrons. The molecule has 0 aromatic rings. The van der Waals surface area contributed by atoms with Crippen LogP contribution in [0.15, 0.2) is 12.2 Å². The van der Waals surface area contributed by atoms with Crippen LogP contribution in [0.5, 0.6) is 0 Å². The number of hydrogen-bond acceptors (Lipinski definition) is 2. The first-order chi connectivity index (χ1) is 5.68. The number of hydrogen-bond donors (Lipinski definition) is 1. The smallest absolute Gasteiger partial charge is 0.0801 e. The molecular weight excluding hydrogens is 152 g/mol. The maximum atomic E-state index is 9.79. The fourth-order valence-corrected chi connectivity index (χ4v) is 2.50. The van der Waals surface area contributed by atoms with Gasteiger partial charge in [0.1, 0.15) is 0 Å². The molecule has 4 atom stereocenters. The molecule has 1 saturated heterocycles. The van der Waals surface area contributed by atoms with E-state index in [0.29, 0.717) is 12.5 Å². The molecular formula is C10H16O2. The minimum Gasteiger partial charge on any atom is -0.388 e.